The Balaban J connectivity index is 1.87. The predicted molar refractivity (Wildman–Crippen MR) is 115 cm³/mol. The van der Waals surface area contributed by atoms with Gasteiger partial charge >= 0.3 is 17.9 Å². The van der Waals surface area contributed by atoms with Gasteiger partial charge in [-0.25, -0.2) is 4.79 Å². The van der Waals surface area contributed by atoms with Crippen LogP contribution in [0.5, 0.6) is 0 Å². The number of benzene rings is 1. The van der Waals surface area contributed by atoms with Crippen LogP contribution in [0, 0.1) is 24.0 Å². The Morgan fingerprint density at radius 1 is 1.00 bits per heavy atom. The fourth-order valence-corrected chi connectivity index (χ4v) is 3.50. The van der Waals surface area contributed by atoms with Crippen molar-refractivity contribution >= 4 is 29.3 Å². The van der Waals surface area contributed by atoms with Crippen LogP contribution in [-0.2, 0) is 14.3 Å². The van der Waals surface area contributed by atoms with E-state index in [1.807, 2.05) is 0 Å². The fraction of sp³-hybridized carbons (Fsp3) is 0.571. The maximum absolute atomic E-state index is 12.3. The topological polar surface area (TPSA) is 140 Å². The van der Waals surface area contributed by atoms with Crippen LogP contribution in [0.25, 0.3) is 0 Å². The molecule has 0 atom stereocenters. The number of hydrogen-bond donors (Lipinski definition) is 3. The summed E-state index contributed by atoms with van der Waals surface area (Å²) in [6.45, 7) is 8.60. The minimum atomic E-state index is -0.874. The van der Waals surface area contributed by atoms with Gasteiger partial charge in [0, 0.05) is 18.2 Å². The van der Waals surface area contributed by atoms with E-state index in [4.69, 9.17) is 4.74 Å². The highest BCUT2D eigenvalue weighted by Gasteiger charge is 2.27. The molecule has 1 aromatic carbocycles. The Morgan fingerprint density at radius 3 is 2.06 bits per heavy atom. The van der Waals surface area contributed by atoms with Crippen molar-refractivity contribution < 1.29 is 24.0 Å². The van der Waals surface area contributed by atoms with E-state index in [1.165, 1.54) is 19.1 Å². The van der Waals surface area contributed by atoms with E-state index in [2.05, 4.69) is 16.0 Å². The second kappa shape index (κ2) is 9.76. The number of ether oxygens (including phenoxy) is 1. The van der Waals surface area contributed by atoms with Crippen LogP contribution in [0.15, 0.2) is 12.1 Å². The highest BCUT2D eigenvalue weighted by molar-refractivity contribution is 6.39. The molecule has 0 aliphatic heterocycles. The Hall–Kier alpha value is -3.17. The Bertz CT molecular complexity index is 869. The molecule has 0 heterocycles. The lowest BCUT2D eigenvalue weighted by molar-refractivity contribution is -0.385. The van der Waals surface area contributed by atoms with Gasteiger partial charge in [0.2, 0.25) is 0 Å². The average molecular weight is 434 g/mol. The van der Waals surface area contributed by atoms with Crippen molar-refractivity contribution in [2.75, 3.05) is 5.32 Å². The summed E-state index contributed by atoms with van der Waals surface area (Å²) in [6, 6.07) is 2.65. The number of anilines is 1. The molecule has 1 aliphatic carbocycles. The number of nitro groups is 1. The van der Waals surface area contributed by atoms with E-state index < -0.39 is 28.4 Å². The number of carbonyl (C=O) groups excluding carboxylic acids is 3. The minimum absolute atomic E-state index is 0.0491. The largest absolute Gasteiger partial charge is 0.444 e. The van der Waals surface area contributed by atoms with Crippen LogP contribution in [-0.4, -0.2) is 40.5 Å². The summed E-state index contributed by atoms with van der Waals surface area (Å²) in [5.74, 6) is -1.67. The number of rotatable bonds is 4. The van der Waals surface area contributed by atoms with Crippen molar-refractivity contribution in [2.24, 2.45) is 0 Å². The van der Waals surface area contributed by atoms with Gasteiger partial charge in [-0.1, -0.05) is 6.07 Å². The Labute approximate surface area is 181 Å². The zero-order valence-electron chi connectivity index (χ0n) is 18.5. The molecule has 3 N–H and O–H groups in total. The molecule has 1 aliphatic rings. The number of nitrogens with zero attached hydrogens (tertiary/aromatic N) is 1. The van der Waals surface area contributed by atoms with Gasteiger partial charge in [0.25, 0.3) is 5.69 Å². The summed E-state index contributed by atoms with van der Waals surface area (Å²) in [7, 11) is 0. The molecule has 0 bridgehead atoms. The first-order valence-electron chi connectivity index (χ1n) is 10.2. The van der Waals surface area contributed by atoms with Gasteiger partial charge in [0.05, 0.1) is 16.2 Å². The van der Waals surface area contributed by atoms with Gasteiger partial charge in [-0.05, 0) is 65.9 Å². The molecule has 1 saturated carbocycles. The van der Waals surface area contributed by atoms with Crippen molar-refractivity contribution in [3.63, 3.8) is 0 Å². The number of nitrogens with one attached hydrogen (secondary N) is 3. The van der Waals surface area contributed by atoms with E-state index in [0.717, 1.165) is 0 Å². The predicted octanol–water partition coefficient (Wildman–Crippen LogP) is 3.10. The molecule has 1 aromatic rings. The third-order valence-corrected chi connectivity index (χ3v) is 5.07. The van der Waals surface area contributed by atoms with E-state index in [-0.39, 0.29) is 23.5 Å². The van der Waals surface area contributed by atoms with Crippen molar-refractivity contribution in [3.05, 3.63) is 33.4 Å². The first kappa shape index (κ1) is 24.1. The molecular weight excluding hydrogens is 404 g/mol. The van der Waals surface area contributed by atoms with Gasteiger partial charge < -0.3 is 20.7 Å². The van der Waals surface area contributed by atoms with Crippen LogP contribution < -0.4 is 16.0 Å². The molecular formula is C21H30N4O6. The number of carbonyl (C=O) groups is 3. The Kier molecular flexibility index (Phi) is 7.59. The fourth-order valence-electron chi connectivity index (χ4n) is 3.50. The van der Waals surface area contributed by atoms with Crippen LogP contribution in [0.1, 0.15) is 57.6 Å². The smallest absolute Gasteiger partial charge is 0.407 e. The quantitative estimate of drug-likeness (QED) is 0.378. The summed E-state index contributed by atoms with van der Waals surface area (Å²) < 4.78 is 5.25. The second-order valence-corrected chi connectivity index (χ2v) is 8.78. The SMILES string of the molecule is Cc1ccc([N+](=O)[O-])c(C)c1NC(=O)C(=O)NC1CCC(NC(=O)OC(C)(C)C)CC1. The maximum atomic E-state index is 12.3. The highest BCUT2D eigenvalue weighted by atomic mass is 16.6. The van der Waals surface area contributed by atoms with Gasteiger partial charge in [0.1, 0.15) is 5.60 Å². The van der Waals surface area contributed by atoms with Gasteiger partial charge in [-0.15, -0.1) is 0 Å². The summed E-state index contributed by atoms with van der Waals surface area (Å²) >= 11 is 0. The van der Waals surface area contributed by atoms with Crippen molar-refractivity contribution in [1.29, 1.82) is 0 Å². The lowest BCUT2D eigenvalue weighted by atomic mass is 9.91. The molecule has 170 valence electrons. The van der Waals surface area contributed by atoms with Crippen molar-refractivity contribution in [2.45, 2.75) is 78.0 Å². The molecule has 1 fully saturated rings. The summed E-state index contributed by atoms with van der Waals surface area (Å²) in [5.41, 5.74) is 0.480. The highest BCUT2D eigenvalue weighted by Crippen LogP contribution is 2.28. The van der Waals surface area contributed by atoms with Crippen LogP contribution in [0.3, 0.4) is 0 Å². The monoisotopic (exact) mass is 434 g/mol. The molecule has 0 unspecified atom stereocenters. The van der Waals surface area contributed by atoms with Crippen molar-refractivity contribution in [1.82, 2.24) is 10.6 Å². The molecule has 10 heteroatoms. The molecule has 0 aromatic heterocycles. The number of aryl methyl sites for hydroxylation is 1. The maximum Gasteiger partial charge on any atom is 0.407 e. The molecule has 31 heavy (non-hydrogen) atoms. The summed E-state index contributed by atoms with van der Waals surface area (Å²) in [5, 5.41) is 19.1. The third-order valence-electron chi connectivity index (χ3n) is 5.07. The zero-order chi connectivity index (χ0) is 23.3. The van der Waals surface area contributed by atoms with Crippen LogP contribution in [0.4, 0.5) is 16.2 Å². The van der Waals surface area contributed by atoms with E-state index in [9.17, 15) is 24.5 Å². The number of amides is 3. The zero-order valence-corrected chi connectivity index (χ0v) is 18.5. The molecule has 0 spiro atoms. The lowest BCUT2D eigenvalue weighted by Gasteiger charge is -2.30. The van der Waals surface area contributed by atoms with Crippen LogP contribution in [0.2, 0.25) is 0 Å². The Morgan fingerprint density at radius 2 is 1.55 bits per heavy atom. The first-order chi connectivity index (χ1) is 14.4. The number of nitro benzene ring substituents is 1. The number of hydrogen-bond acceptors (Lipinski definition) is 6. The minimum Gasteiger partial charge on any atom is -0.444 e. The van der Waals surface area contributed by atoms with E-state index >= 15 is 0 Å². The summed E-state index contributed by atoms with van der Waals surface area (Å²) in [4.78, 5) is 47.1. The van der Waals surface area contributed by atoms with Gasteiger partial charge in [-0.2, -0.15) is 0 Å². The van der Waals surface area contributed by atoms with E-state index in [0.29, 0.717) is 36.8 Å². The van der Waals surface area contributed by atoms with E-state index in [1.54, 1.807) is 27.7 Å². The average Bonchev–Trinajstić information content (AvgIpc) is 2.64. The molecule has 0 radical (unpaired) electrons. The standard InChI is InChI=1S/C21H30N4O6/c1-12-6-11-16(25(29)30)13(2)17(12)24-19(27)18(26)22-14-7-9-15(10-8-14)23-20(28)31-21(3,4)5/h6,11,14-15H,7-10H2,1-5H3,(H,22,26)(H,23,28)(H,24,27). The second-order valence-electron chi connectivity index (χ2n) is 8.78. The first-order valence-corrected chi connectivity index (χ1v) is 10.2. The number of alkyl carbamates (subject to hydrolysis) is 1. The normalized spacial score (nSPS) is 18.6. The third kappa shape index (κ3) is 6.94. The van der Waals surface area contributed by atoms with Gasteiger partial charge in [-0.3, -0.25) is 19.7 Å². The molecule has 3 amide bonds. The molecule has 10 nitrogen and oxygen atoms in total. The molecule has 2 rings (SSSR count). The van der Waals surface area contributed by atoms with Crippen LogP contribution >= 0.6 is 0 Å². The summed E-state index contributed by atoms with van der Waals surface area (Å²) in [6.07, 6.45) is 2.04. The van der Waals surface area contributed by atoms with Crippen molar-refractivity contribution in [3.8, 4) is 0 Å². The molecule has 0 saturated heterocycles. The lowest BCUT2D eigenvalue weighted by Crippen LogP contribution is -2.47. The van der Waals surface area contributed by atoms with Gasteiger partial charge in [0.15, 0.2) is 0 Å².